The van der Waals surface area contributed by atoms with Gasteiger partial charge in [0.2, 0.25) is 5.88 Å². The van der Waals surface area contributed by atoms with E-state index in [1.165, 1.54) is 18.2 Å². The zero-order chi connectivity index (χ0) is 21.4. The summed E-state index contributed by atoms with van der Waals surface area (Å²) in [5.74, 6) is -1.25. The van der Waals surface area contributed by atoms with E-state index in [-0.39, 0.29) is 51.4 Å². The highest BCUT2D eigenvalue weighted by Gasteiger charge is 2.43. The molecular formula is C22H16ClN3O4. The standard InChI is InChI=1S/C22H16ClN3O4/c23-15-7-4-8-16(26(28)29)20(15)19-14(11-24)22(25)30-18-10-13(9-17(27)21(18)19)12-5-2-1-3-6-12/h1-8,13,19H,9-10,25H2/t13-,19-/m0/s1. The Labute approximate surface area is 177 Å². The number of nitriles is 1. The summed E-state index contributed by atoms with van der Waals surface area (Å²) in [4.78, 5) is 24.3. The molecule has 1 aliphatic carbocycles. The zero-order valence-corrected chi connectivity index (χ0v) is 16.4. The van der Waals surface area contributed by atoms with E-state index >= 15 is 0 Å². The molecule has 0 aromatic heterocycles. The maximum atomic E-state index is 13.2. The molecule has 150 valence electrons. The second-order valence-corrected chi connectivity index (χ2v) is 7.54. The Hall–Kier alpha value is -3.63. The van der Waals surface area contributed by atoms with Crippen LogP contribution in [0.4, 0.5) is 5.69 Å². The van der Waals surface area contributed by atoms with Crippen molar-refractivity contribution in [3.05, 3.63) is 97.6 Å². The quantitative estimate of drug-likeness (QED) is 0.577. The lowest BCUT2D eigenvalue weighted by Gasteiger charge is -2.34. The Bertz CT molecular complexity index is 1160. The Kier molecular flexibility index (Phi) is 5.02. The van der Waals surface area contributed by atoms with Crippen LogP contribution in [0.1, 0.15) is 35.8 Å². The Morgan fingerprint density at radius 3 is 2.57 bits per heavy atom. The van der Waals surface area contributed by atoms with Crippen LogP contribution in [0.3, 0.4) is 0 Å². The van der Waals surface area contributed by atoms with Crippen molar-refractivity contribution in [3.63, 3.8) is 0 Å². The van der Waals surface area contributed by atoms with Gasteiger partial charge >= 0.3 is 0 Å². The molecule has 8 heteroatoms. The molecule has 2 aromatic rings. The molecule has 0 bridgehead atoms. The molecule has 0 saturated carbocycles. The van der Waals surface area contributed by atoms with E-state index in [0.717, 1.165) is 5.56 Å². The molecule has 2 aliphatic rings. The minimum Gasteiger partial charge on any atom is -0.444 e. The topological polar surface area (TPSA) is 119 Å². The van der Waals surface area contributed by atoms with Gasteiger partial charge in [0.15, 0.2) is 5.78 Å². The van der Waals surface area contributed by atoms with E-state index in [1.54, 1.807) is 0 Å². The van der Waals surface area contributed by atoms with E-state index < -0.39 is 10.8 Å². The molecule has 2 atom stereocenters. The summed E-state index contributed by atoms with van der Waals surface area (Å²) in [6.45, 7) is 0. The number of carbonyl (C=O) groups excluding carboxylic acids is 1. The SMILES string of the molecule is N#CC1=C(N)OC2=C(C(=O)C[C@H](c3ccccc3)C2)[C@@H]1c1c(Cl)cccc1[N+](=O)[O-]. The number of hydrogen-bond donors (Lipinski definition) is 1. The number of nitrogens with two attached hydrogens (primary N) is 1. The highest BCUT2D eigenvalue weighted by Crippen LogP contribution is 2.50. The summed E-state index contributed by atoms with van der Waals surface area (Å²) >= 11 is 6.33. The van der Waals surface area contributed by atoms with Crippen LogP contribution in [-0.2, 0) is 9.53 Å². The Morgan fingerprint density at radius 2 is 1.90 bits per heavy atom. The first-order chi connectivity index (χ1) is 14.4. The first-order valence-electron chi connectivity index (χ1n) is 9.24. The highest BCUT2D eigenvalue weighted by molar-refractivity contribution is 6.32. The monoisotopic (exact) mass is 421 g/mol. The maximum absolute atomic E-state index is 13.2. The number of rotatable bonds is 3. The molecule has 0 radical (unpaired) electrons. The summed E-state index contributed by atoms with van der Waals surface area (Å²) < 4.78 is 5.69. The Balaban J connectivity index is 1.89. The van der Waals surface area contributed by atoms with Crippen LogP contribution < -0.4 is 5.73 Å². The molecule has 0 saturated heterocycles. The summed E-state index contributed by atoms with van der Waals surface area (Å²) in [5, 5.41) is 21.4. The highest BCUT2D eigenvalue weighted by atomic mass is 35.5. The number of hydrogen-bond acceptors (Lipinski definition) is 6. The molecular weight excluding hydrogens is 406 g/mol. The average Bonchev–Trinajstić information content (AvgIpc) is 2.73. The molecule has 2 N–H and O–H groups in total. The number of carbonyl (C=O) groups is 1. The van der Waals surface area contributed by atoms with Gasteiger partial charge in [0.05, 0.1) is 21.4 Å². The minimum absolute atomic E-state index is 0.0588. The lowest BCUT2D eigenvalue weighted by Crippen LogP contribution is -2.30. The van der Waals surface area contributed by atoms with Crippen LogP contribution in [0.25, 0.3) is 0 Å². The van der Waals surface area contributed by atoms with Gasteiger partial charge < -0.3 is 10.5 Å². The molecule has 1 heterocycles. The molecule has 1 aliphatic heterocycles. The molecule has 30 heavy (non-hydrogen) atoms. The molecule has 0 spiro atoms. The number of nitro groups is 1. The van der Waals surface area contributed by atoms with Gasteiger partial charge in [-0.25, -0.2) is 0 Å². The van der Waals surface area contributed by atoms with Crippen LogP contribution in [0, 0.1) is 21.4 Å². The van der Waals surface area contributed by atoms with E-state index in [1.807, 2.05) is 36.4 Å². The summed E-state index contributed by atoms with van der Waals surface area (Å²) in [7, 11) is 0. The van der Waals surface area contributed by atoms with Crippen molar-refractivity contribution in [2.24, 2.45) is 5.73 Å². The molecule has 2 aromatic carbocycles. The lowest BCUT2D eigenvalue weighted by molar-refractivity contribution is -0.385. The lowest BCUT2D eigenvalue weighted by atomic mass is 9.73. The molecule has 0 amide bonds. The average molecular weight is 422 g/mol. The van der Waals surface area contributed by atoms with E-state index in [0.29, 0.717) is 12.2 Å². The van der Waals surface area contributed by atoms with Crippen molar-refractivity contribution in [2.75, 3.05) is 0 Å². The fourth-order valence-electron chi connectivity index (χ4n) is 4.13. The first kappa shape index (κ1) is 19.7. The molecule has 4 rings (SSSR count). The minimum atomic E-state index is -1.04. The second-order valence-electron chi connectivity index (χ2n) is 7.13. The predicted molar refractivity (Wildman–Crippen MR) is 109 cm³/mol. The van der Waals surface area contributed by atoms with Gasteiger partial charge in [-0.15, -0.1) is 0 Å². The summed E-state index contributed by atoms with van der Waals surface area (Å²) in [6.07, 6.45) is 0.582. The third-order valence-electron chi connectivity index (χ3n) is 5.45. The number of benzene rings is 2. The zero-order valence-electron chi connectivity index (χ0n) is 15.7. The second kappa shape index (κ2) is 7.65. The molecule has 0 fully saturated rings. The normalized spacial score (nSPS) is 21.0. The van der Waals surface area contributed by atoms with Crippen LogP contribution in [0.15, 0.2) is 71.3 Å². The third-order valence-corrected chi connectivity index (χ3v) is 5.78. The van der Waals surface area contributed by atoms with Gasteiger partial charge in [0.25, 0.3) is 5.69 Å². The van der Waals surface area contributed by atoms with Gasteiger partial charge in [-0.2, -0.15) is 5.26 Å². The largest absolute Gasteiger partial charge is 0.444 e. The van der Waals surface area contributed by atoms with Crippen LogP contribution >= 0.6 is 11.6 Å². The van der Waals surface area contributed by atoms with Crippen molar-refractivity contribution >= 4 is 23.1 Å². The van der Waals surface area contributed by atoms with Crippen molar-refractivity contribution < 1.29 is 14.5 Å². The number of ketones is 1. The van der Waals surface area contributed by atoms with Crippen molar-refractivity contribution in [1.29, 1.82) is 5.26 Å². The fraction of sp³-hybridized carbons (Fsp3) is 0.182. The van der Waals surface area contributed by atoms with Gasteiger partial charge in [0, 0.05) is 24.5 Å². The first-order valence-corrected chi connectivity index (χ1v) is 9.61. The van der Waals surface area contributed by atoms with Crippen LogP contribution in [0.5, 0.6) is 0 Å². The molecule has 0 unspecified atom stereocenters. The molecule has 7 nitrogen and oxygen atoms in total. The van der Waals surface area contributed by atoms with Gasteiger partial charge in [-0.05, 0) is 17.5 Å². The Morgan fingerprint density at radius 1 is 1.17 bits per heavy atom. The van der Waals surface area contributed by atoms with Crippen LogP contribution in [-0.4, -0.2) is 10.7 Å². The number of ether oxygens (including phenoxy) is 1. The van der Waals surface area contributed by atoms with E-state index in [4.69, 9.17) is 22.1 Å². The van der Waals surface area contributed by atoms with Crippen molar-refractivity contribution in [3.8, 4) is 6.07 Å². The van der Waals surface area contributed by atoms with E-state index in [9.17, 15) is 20.2 Å². The van der Waals surface area contributed by atoms with Gasteiger partial charge in [-0.1, -0.05) is 48.0 Å². The number of allylic oxidation sites excluding steroid dienone is 3. The smallest absolute Gasteiger partial charge is 0.275 e. The third kappa shape index (κ3) is 3.21. The number of nitrogens with zero attached hydrogens (tertiary/aromatic N) is 2. The van der Waals surface area contributed by atoms with Crippen molar-refractivity contribution in [1.82, 2.24) is 0 Å². The number of nitro benzene ring substituents is 1. The van der Waals surface area contributed by atoms with Crippen LogP contribution in [0.2, 0.25) is 5.02 Å². The van der Waals surface area contributed by atoms with E-state index in [2.05, 4.69) is 0 Å². The predicted octanol–water partition coefficient (Wildman–Crippen LogP) is 4.46. The fourth-order valence-corrected chi connectivity index (χ4v) is 4.41. The number of halogens is 1. The van der Waals surface area contributed by atoms with Gasteiger partial charge in [-0.3, -0.25) is 14.9 Å². The maximum Gasteiger partial charge on any atom is 0.275 e. The van der Waals surface area contributed by atoms with Gasteiger partial charge in [0.1, 0.15) is 17.4 Å². The van der Waals surface area contributed by atoms with Crippen molar-refractivity contribution in [2.45, 2.75) is 24.7 Å². The summed E-state index contributed by atoms with van der Waals surface area (Å²) in [6, 6.07) is 15.7. The summed E-state index contributed by atoms with van der Waals surface area (Å²) in [5.41, 5.74) is 6.94. The number of Topliss-reactive ketones (excluding diaryl/α,β-unsaturated/α-hetero) is 1.